The fourth-order valence-corrected chi connectivity index (χ4v) is 3.83. The summed E-state index contributed by atoms with van der Waals surface area (Å²) < 4.78 is 0. The minimum Gasteiger partial charge on any atom is -0.354 e. The standard InChI is InChI=1S/C32H31N5O2/c1-21-13-17-25(18-14-21)23(3)34-36-31(38)27-9-5-7-11-29(27)33-30-12-8-6-10-28(30)32(39)37-35-24(4)26-19-15-22(2)16-20-26/h5-20,33H,1-4H3,(H,36,38)(H,37,39)/b34-23-,35-24+. The molecular weight excluding hydrogens is 486 g/mol. The SMILES string of the molecule is C/C(=N/NC(=O)c1ccccc1Nc1ccccc1C(=O)N/N=C(\C)c1ccc(C)cc1)c1ccc(C)cc1. The molecule has 0 aliphatic rings. The first-order chi connectivity index (χ1) is 18.8. The van der Waals surface area contributed by atoms with Crippen LogP contribution in [0.5, 0.6) is 0 Å². The van der Waals surface area contributed by atoms with Gasteiger partial charge in [0.15, 0.2) is 0 Å². The maximum Gasteiger partial charge on any atom is 0.273 e. The summed E-state index contributed by atoms with van der Waals surface area (Å²) in [5.74, 6) is -0.741. The lowest BCUT2D eigenvalue weighted by molar-refractivity contribution is 0.0948. The van der Waals surface area contributed by atoms with Crippen LogP contribution in [0.2, 0.25) is 0 Å². The van der Waals surface area contributed by atoms with E-state index < -0.39 is 0 Å². The lowest BCUT2D eigenvalue weighted by atomic mass is 10.1. The van der Waals surface area contributed by atoms with E-state index in [0.717, 1.165) is 22.3 Å². The zero-order valence-corrected chi connectivity index (χ0v) is 22.4. The van der Waals surface area contributed by atoms with E-state index in [1.54, 1.807) is 36.4 Å². The van der Waals surface area contributed by atoms with Gasteiger partial charge in [-0.3, -0.25) is 9.59 Å². The molecule has 2 amide bonds. The maximum atomic E-state index is 13.0. The van der Waals surface area contributed by atoms with Crippen LogP contribution < -0.4 is 16.2 Å². The van der Waals surface area contributed by atoms with Gasteiger partial charge in [-0.25, -0.2) is 10.9 Å². The topological polar surface area (TPSA) is 95.0 Å². The van der Waals surface area contributed by atoms with Gasteiger partial charge in [0.05, 0.1) is 33.9 Å². The van der Waals surface area contributed by atoms with Crippen molar-refractivity contribution in [3.63, 3.8) is 0 Å². The number of hydrogen-bond donors (Lipinski definition) is 3. The molecule has 4 aromatic rings. The third-order valence-electron chi connectivity index (χ3n) is 6.20. The predicted molar refractivity (Wildman–Crippen MR) is 158 cm³/mol. The van der Waals surface area contributed by atoms with Gasteiger partial charge in [0.25, 0.3) is 11.8 Å². The second kappa shape index (κ2) is 12.5. The van der Waals surface area contributed by atoms with Crippen LogP contribution in [0.25, 0.3) is 0 Å². The lowest BCUT2D eigenvalue weighted by Crippen LogP contribution is -2.22. The smallest absolute Gasteiger partial charge is 0.273 e. The molecule has 0 saturated heterocycles. The Hall–Kier alpha value is -5.04. The first-order valence-electron chi connectivity index (χ1n) is 12.6. The number of hydrogen-bond acceptors (Lipinski definition) is 5. The Kier molecular flexibility index (Phi) is 8.64. The molecule has 4 rings (SSSR count). The molecule has 0 atom stereocenters. The second-order valence-corrected chi connectivity index (χ2v) is 9.22. The number of amides is 2. The number of benzene rings is 4. The van der Waals surface area contributed by atoms with Gasteiger partial charge < -0.3 is 5.32 Å². The van der Waals surface area contributed by atoms with Crippen LogP contribution in [0, 0.1) is 13.8 Å². The summed E-state index contributed by atoms with van der Waals surface area (Å²) in [5.41, 5.74) is 12.7. The van der Waals surface area contributed by atoms with Crippen LogP contribution >= 0.6 is 0 Å². The molecule has 7 heteroatoms. The van der Waals surface area contributed by atoms with Crippen LogP contribution in [0.15, 0.2) is 107 Å². The maximum absolute atomic E-state index is 13.0. The molecule has 7 nitrogen and oxygen atoms in total. The molecule has 39 heavy (non-hydrogen) atoms. The zero-order valence-electron chi connectivity index (χ0n) is 22.4. The van der Waals surface area contributed by atoms with Crippen LogP contribution in [-0.2, 0) is 0 Å². The third kappa shape index (κ3) is 7.05. The molecule has 0 fully saturated rings. The van der Waals surface area contributed by atoms with Crippen LogP contribution in [-0.4, -0.2) is 23.2 Å². The second-order valence-electron chi connectivity index (χ2n) is 9.22. The van der Waals surface area contributed by atoms with Crippen molar-refractivity contribution in [2.75, 3.05) is 5.32 Å². The van der Waals surface area contributed by atoms with E-state index in [4.69, 9.17) is 0 Å². The average molecular weight is 518 g/mol. The Morgan fingerprint density at radius 3 is 1.28 bits per heavy atom. The number of rotatable bonds is 8. The fraction of sp³-hybridized carbons (Fsp3) is 0.125. The highest BCUT2D eigenvalue weighted by molar-refractivity contribution is 6.05. The fourth-order valence-electron chi connectivity index (χ4n) is 3.83. The summed E-state index contributed by atoms with van der Waals surface area (Å²) in [5, 5.41) is 11.8. The van der Waals surface area contributed by atoms with Crippen molar-refractivity contribution in [2.45, 2.75) is 27.7 Å². The first kappa shape index (κ1) is 27.0. The monoisotopic (exact) mass is 517 g/mol. The number of nitrogens with zero attached hydrogens (tertiary/aromatic N) is 2. The number of para-hydroxylation sites is 2. The van der Waals surface area contributed by atoms with Gasteiger partial charge >= 0.3 is 0 Å². The highest BCUT2D eigenvalue weighted by Gasteiger charge is 2.15. The Bertz CT molecular complexity index is 1420. The van der Waals surface area contributed by atoms with E-state index in [-0.39, 0.29) is 11.8 Å². The van der Waals surface area contributed by atoms with E-state index in [2.05, 4.69) is 26.4 Å². The number of nitrogens with one attached hydrogen (secondary N) is 3. The molecular formula is C32H31N5O2. The van der Waals surface area contributed by atoms with Crippen LogP contribution in [0.3, 0.4) is 0 Å². The Morgan fingerprint density at radius 2 is 0.897 bits per heavy atom. The average Bonchev–Trinajstić information content (AvgIpc) is 2.95. The first-order valence-corrected chi connectivity index (χ1v) is 12.6. The number of aryl methyl sites for hydroxylation is 2. The Labute approximate surface area is 228 Å². The van der Waals surface area contributed by atoms with E-state index in [0.29, 0.717) is 33.9 Å². The van der Waals surface area contributed by atoms with Crippen molar-refractivity contribution in [3.8, 4) is 0 Å². The van der Waals surface area contributed by atoms with Gasteiger partial charge in [-0.1, -0.05) is 83.9 Å². The van der Waals surface area contributed by atoms with Crippen molar-refractivity contribution in [2.24, 2.45) is 10.2 Å². The minimum atomic E-state index is -0.371. The largest absolute Gasteiger partial charge is 0.354 e. The van der Waals surface area contributed by atoms with E-state index in [1.165, 1.54) is 0 Å². The van der Waals surface area contributed by atoms with E-state index in [9.17, 15) is 9.59 Å². The molecule has 0 bridgehead atoms. The predicted octanol–water partition coefficient (Wildman–Crippen LogP) is 6.36. The number of carbonyl (C=O) groups excluding carboxylic acids is 2. The summed E-state index contributed by atoms with van der Waals surface area (Å²) in [6.45, 7) is 7.72. The Morgan fingerprint density at radius 1 is 0.538 bits per heavy atom. The molecule has 4 aromatic carbocycles. The van der Waals surface area contributed by atoms with E-state index >= 15 is 0 Å². The summed E-state index contributed by atoms with van der Waals surface area (Å²) in [6.07, 6.45) is 0. The minimum absolute atomic E-state index is 0.371. The molecule has 0 aliphatic heterocycles. The molecule has 0 aliphatic carbocycles. The van der Waals surface area contributed by atoms with Crippen molar-refractivity contribution >= 4 is 34.6 Å². The summed E-state index contributed by atoms with van der Waals surface area (Å²) in [7, 11) is 0. The van der Waals surface area contributed by atoms with Crippen molar-refractivity contribution in [1.82, 2.24) is 10.9 Å². The highest BCUT2D eigenvalue weighted by Crippen LogP contribution is 2.24. The molecule has 0 heterocycles. The Balaban J connectivity index is 1.50. The molecule has 0 aromatic heterocycles. The van der Waals surface area contributed by atoms with Gasteiger partial charge in [-0.2, -0.15) is 10.2 Å². The van der Waals surface area contributed by atoms with Crippen LogP contribution in [0.4, 0.5) is 11.4 Å². The normalized spacial score (nSPS) is 11.6. The molecule has 0 saturated carbocycles. The highest BCUT2D eigenvalue weighted by atomic mass is 16.2. The van der Waals surface area contributed by atoms with Crippen molar-refractivity contribution in [3.05, 3.63) is 130 Å². The zero-order chi connectivity index (χ0) is 27.8. The quantitative estimate of drug-likeness (QED) is 0.188. The van der Waals surface area contributed by atoms with E-state index in [1.807, 2.05) is 88.4 Å². The molecule has 0 radical (unpaired) electrons. The number of carbonyl (C=O) groups is 2. The summed E-state index contributed by atoms with van der Waals surface area (Å²) >= 11 is 0. The van der Waals surface area contributed by atoms with Gasteiger partial charge in [0, 0.05) is 0 Å². The van der Waals surface area contributed by atoms with Crippen LogP contribution in [0.1, 0.15) is 56.8 Å². The number of anilines is 2. The van der Waals surface area contributed by atoms with Crippen molar-refractivity contribution in [1.29, 1.82) is 0 Å². The number of hydrazone groups is 2. The van der Waals surface area contributed by atoms with Crippen molar-refractivity contribution < 1.29 is 9.59 Å². The van der Waals surface area contributed by atoms with Gasteiger partial charge in [-0.05, 0) is 63.1 Å². The van der Waals surface area contributed by atoms with Gasteiger partial charge in [0.2, 0.25) is 0 Å². The molecule has 3 N–H and O–H groups in total. The molecule has 0 spiro atoms. The van der Waals surface area contributed by atoms with Gasteiger partial charge in [-0.15, -0.1) is 0 Å². The third-order valence-corrected chi connectivity index (χ3v) is 6.20. The summed E-state index contributed by atoms with van der Waals surface area (Å²) in [6, 6.07) is 30.0. The molecule has 196 valence electrons. The molecule has 0 unspecified atom stereocenters. The lowest BCUT2D eigenvalue weighted by Gasteiger charge is -2.14. The van der Waals surface area contributed by atoms with Gasteiger partial charge in [0.1, 0.15) is 0 Å². The summed E-state index contributed by atoms with van der Waals surface area (Å²) in [4.78, 5) is 26.1.